The van der Waals surface area contributed by atoms with E-state index in [4.69, 9.17) is 4.74 Å². The Balaban J connectivity index is 2.41. The molecular formula is C10H14F3N3O. The van der Waals surface area contributed by atoms with Crippen molar-refractivity contribution in [1.29, 1.82) is 0 Å². The average molecular weight is 249 g/mol. The van der Waals surface area contributed by atoms with Crippen molar-refractivity contribution in [3.8, 4) is 5.88 Å². The molecule has 0 atom stereocenters. The van der Waals surface area contributed by atoms with Gasteiger partial charge in [-0.15, -0.1) is 10.2 Å². The first kappa shape index (κ1) is 13.7. The predicted octanol–water partition coefficient (Wildman–Crippen LogP) is 1.87. The topological polar surface area (TPSA) is 47.0 Å². The third kappa shape index (κ3) is 4.99. The molecule has 0 aliphatic carbocycles. The van der Waals surface area contributed by atoms with Gasteiger partial charge in [0.15, 0.2) is 5.69 Å². The highest BCUT2D eigenvalue weighted by molar-refractivity contribution is 5.13. The van der Waals surface area contributed by atoms with Gasteiger partial charge in [0.25, 0.3) is 0 Å². The summed E-state index contributed by atoms with van der Waals surface area (Å²) in [5, 5.41) is 9.48. The monoisotopic (exact) mass is 249 g/mol. The second kappa shape index (κ2) is 5.81. The molecule has 0 aliphatic rings. The molecule has 0 fully saturated rings. The van der Waals surface area contributed by atoms with Gasteiger partial charge < -0.3 is 10.1 Å². The van der Waals surface area contributed by atoms with Crippen LogP contribution in [0.1, 0.15) is 19.5 Å². The molecule has 1 aromatic heterocycles. The minimum atomic E-state index is -4.47. The first-order valence-electron chi connectivity index (χ1n) is 5.16. The molecule has 0 bridgehead atoms. The molecule has 7 heteroatoms. The number of alkyl halides is 3. The van der Waals surface area contributed by atoms with Gasteiger partial charge in [-0.05, 0) is 6.07 Å². The van der Waals surface area contributed by atoms with Crippen molar-refractivity contribution in [2.24, 2.45) is 0 Å². The van der Waals surface area contributed by atoms with E-state index in [1.165, 1.54) is 0 Å². The standard InChI is InChI=1S/C10H14F3N3O/c1-7(2)14-5-6-17-9-4-3-8(15-16-9)10(11,12)13/h3-4,7,14H,5-6H2,1-2H3. The SMILES string of the molecule is CC(C)NCCOc1ccc(C(F)(F)F)nn1. The van der Waals surface area contributed by atoms with Gasteiger partial charge in [-0.2, -0.15) is 13.2 Å². The van der Waals surface area contributed by atoms with Gasteiger partial charge in [0.1, 0.15) is 6.61 Å². The van der Waals surface area contributed by atoms with Gasteiger partial charge in [0, 0.05) is 18.7 Å². The van der Waals surface area contributed by atoms with E-state index in [-0.39, 0.29) is 5.88 Å². The zero-order chi connectivity index (χ0) is 12.9. The lowest BCUT2D eigenvalue weighted by Crippen LogP contribution is -2.27. The van der Waals surface area contributed by atoms with Crippen LogP contribution in [-0.2, 0) is 6.18 Å². The molecule has 1 aromatic rings. The fourth-order valence-corrected chi connectivity index (χ4v) is 1.05. The number of nitrogens with zero attached hydrogens (tertiary/aromatic N) is 2. The first-order chi connectivity index (χ1) is 7.89. The van der Waals surface area contributed by atoms with Crippen LogP contribution >= 0.6 is 0 Å². The fourth-order valence-electron chi connectivity index (χ4n) is 1.05. The number of hydrogen-bond acceptors (Lipinski definition) is 4. The van der Waals surface area contributed by atoms with Gasteiger partial charge in [-0.25, -0.2) is 0 Å². The number of hydrogen-bond donors (Lipinski definition) is 1. The van der Waals surface area contributed by atoms with Crippen molar-refractivity contribution in [3.05, 3.63) is 17.8 Å². The maximum atomic E-state index is 12.2. The summed E-state index contributed by atoms with van der Waals surface area (Å²) in [7, 11) is 0. The van der Waals surface area contributed by atoms with Crippen LogP contribution in [0, 0.1) is 0 Å². The third-order valence-corrected chi connectivity index (χ3v) is 1.84. The Kier molecular flexibility index (Phi) is 4.68. The maximum Gasteiger partial charge on any atom is 0.435 e. The highest BCUT2D eigenvalue weighted by Gasteiger charge is 2.32. The van der Waals surface area contributed by atoms with Crippen LogP contribution in [0.3, 0.4) is 0 Å². The normalized spacial score (nSPS) is 11.9. The Morgan fingerprint density at radius 1 is 1.29 bits per heavy atom. The van der Waals surface area contributed by atoms with Gasteiger partial charge in [0.05, 0.1) is 0 Å². The molecule has 0 aromatic carbocycles. The summed E-state index contributed by atoms with van der Waals surface area (Å²) in [5.74, 6) is 0.0866. The van der Waals surface area contributed by atoms with E-state index in [0.717, 1.165) is 12.1 Å². The van der Waals surface area contributed by atoms with Crippen molar-refractivity contribution < 1.29 is 17.9 Å². The zero-order valence-corrected chi connectivity index (χ0v) is 9.58. The van der Waals surface area contributed by atoms with Gasteiger partial charge in [0.2, 0.25) is 5.88 Å². The van der Waals surface area contributed by atoms with E-state index in [1.807, 2.05) is 13.8 Å². The average Bonchev–Trinajstić information content (AvgIpc) is 2.23. The number of halogens is 3. The van der Waals surface area contributed by atoms with Crippen molar-refractivity contribution >= 4 is 0 Å². The Morgan fingerprint density at radius 2 is 2.00 bits per heavy atom. The molecule has 96 valence electrons. The summed E-state index contributed by atoms with van der Waals surface area (Å²) in [6.45, 7) is 4.90. The predicted molar refractivity (Wildman–Crippen MR) is 55.7 cm³/mol. The van der Waals surface area contributed by atoms with Gasteiger partial charge in [-0.1, -0.05) is 13.8 Å². The van der Waals surface area contributed by atoms with E-state index >= 15 is 0 Å². The smallest absolute Gasteiger partial charge is 0.435 e. The first-order valence-corrected chi connectivity index (χ1v) is 5.16. The van der Waals surface area contributed by atoms with Crippen LogP contribution in [0.25, 0.3) is 0 Å². The lowest BCUT2D eigenvalue weighted by molar-refractivity contribution is -0.141. The molecule has 0 saturated heterocycles. The Labute approximate surface area is 97.2 Å². The fraction of sp³-hybridized carbons (Fsp3) is 0.600. The van der Waals surface area contributed by atoms with Crippen LogP contribution in [0.2, 0.25) is 0 Å². The largest absolute Gasteiger partial charge is 0.475 e. The van der Waals surface area contributed by atoms with Crippen LogP contribution < -0.4 is 10.1 Å². The van der Waals surface area contributed by atoms with E-state index in [1.54, 1.807) is 0 Å². The molecule has 0 amide bonds. The van der Waals surface area contributed by atoms with Crippen molar-refractivity contribution in [2.75, 3.05) is 13.2 Å². The molecule has 4 nitrogen and oxygen atoms in total. The number of rotatable bonds is 5. The molecule has 1 N–H and O–H groups in total. The Hall–Kier alpha value is -1.37. The zero-order valence-electron chi connectivity index (χ0n) is 9.58. The number of ether oxygens (including phenoxy) is 1. The van der Waals surface area contributed by atoms with Crippen LogP contribution in [0.5, 0.6) is 5.88 Å². The summed E-state index contributed by atoms with van der Waals surface area (Å²) in [5.41, 5.74) is -1.02. The van der Waals surface area contributed by atoms with E-state index in [2.05, 4.69) is 15.5 Å². The maximum absolute atomic E-state index is 12.2. The van der Waals surface area contributed by atoms with Crippen LogP contribution in [0.4, 0.5) is 13.2 Å². The van der Waals surface area contributed by atoms with E-state index < -0.39 is 11.9 Å². The van der Waals surface area contributed by atoms with Crippen LogP contribution in [0.15, 0.2) is 12.1 Å². The molecule has 0 saturated carbocycles. The molecular weight excluding hydrogens is 235 g/mol. The van der Waals surface area contributed by atoms with Gasteiger partial charge in [-0.3, -0.25) is 0 Å². The van der Waals surface area contributed by atoms with Crippen molar-refractivity contribution in [2.45, 2.75) is 26.1 Å². The second-order valence-electron chi connectivity index (χ2n) is 3.71. The molecule has 1 heterocycles. The van der Waals surface area contributed by atoms with Crippen molar-refractivity contribution in [3.63, 3.8) is 0 Å². The summed E-state index contributed by atoms with van der Waals surface area (Å²) in [6, 6.07) is 2.33. The van der Waals surface area contributed by atoms with E-state index in [9.17, 15) is 13.2 Å². The second-order valence-corrected chi connectivity index (χ2v) is 3.71. The molecule has 0 spiro atoms. The molecule has 17 heavy (non-hydrogen) atoms. The Morgan fingerprint density at radius 3 is 2.47 bits per heavy atom. The highest BCUT2D eigenvalue weighted by Crippen LogP contribution is 2.27. The molecule has 0 unspecified atom stereocenters. The lowest BCUT2D eigenvalue weighted by atomic mass is 10.4. The quantitative estimate of drug-likeness (QED) is 0.809. The molecule has 1 rings (SSSR count). The summed E-state index contributed by atoms with van der Waals surface area (Å²) in [6.07, 6.45) is -4.47. The molecule has 0 radical (unpaired) electrons. The van der Waals surface area contributed by atoms with Gasteiger partial charge >= 0.3 is 6.18 Å². The highest BCUT2D eigenvalue weighted by atomic mass is 19.4. The minimum absolute atomic E-state index is 0.0866. The summed E-state index contributed by atoms with van der Waals surface area (Å²) >= 11 is 0. The number of nitrogens with one attached hydrogen (secondary N) is 1. The lowest BCUT2D eigenvalue weighted by Gasteiger charge is -2.09. The minimum Gasteiger partial charge on any atom is -0.475 e. The third-order valence-electron chi connectivity index (χ3n) is 1.84. The van der Waals surface area contributed by atoms with E-state index in [0.29, 0.717) is 19.2 Å². The Bertz CT molecular complexity index is 338. The summed E-state index contributed by atoms with van der Waals surface area (Å²) < 4.78 is 41.6. The number of aromatic nitrogens is 2. The molecule has 0 aliphatic heterocycles. The van der Waals surface area contributed by atoms with Crippen LogP contribution in [-0.4, -0.2) is 29.4 Å². The van der Waals surface area contributed by atoms with Crippen molar-refractivity contribution in [1.82, 2.24) is 15.5 Å². The summed E-state index contributed by atoms with van der Waals surface area (Å²) in [4.78, 5) is 0.